The number of ether oxygens (including phenoxy) is 1. The number of hydrogen-bond acceptors (Lipinski definition) is 6. The van der Waals surface area contributed by atoms with Crippen molar-refractivity contribution < 1.29 is 22.7 Å². The van der Waals surface area contributed by atoms with E-state index in [1.54, 1.807) is 18.2 Å². The first-order chi connectivity index (χ1) is 19.0. The van der Waals surface area contributed by atoms with Gasteiger partial charge in [-0.2, -0.15) is 0 Å². The molecule has 0 spiro atoms. The van der Waals surface area contributed by atoms with Gasteiger partial charge in [0.25, 0.3) is 5.91 Å². The number of aryl methyl sites for hydroxylation is 1. The second-order valence-corrected chi connectivity index (χ2v) is 13.0. The molecule has 10 heteroatoms. The van der Waals surface area contributed by atoms with Gasteiger partial charge in [0.15, 0.2) is 0 Å². The summed E-state index contributed by atoms with van der Waals surface area (Å²) in [6, 6.07) is 12.5. The molecule has 0 unspecified atom stereocenters. The van der Waals surface area contributed by atoms with E-state index in [0.29, 0.717) is 55.5 Å². The quantitative estimate of drug-likeness (QED) is 0.402. The zero-order valence-corrected chi connectivity index (χ0v) is 25.1. The molecule has 0 saturated heterocycles. The normalized spacial score (nSPS) is 16.9. The van der Waals surface area contributed by atoms with E-state index < -0.39 is 10.0 Å². The number of fused-ring (bicyclic) bond motifs is 4. The third kappa shape index (κ3) is 9.52. The van der Waals surface area contributed by atoms with E-state index in [4.69, 9.17) is 4.74 Å². The standard InChI is InChI=1S/C30H44N4O5S/c1-6-9-28(30(36)32-19-21(2)3)31-20-25-15-23-11-7-10-22(14-23)12-8-13-39-27-17-24(29(35)33-25)16-26(18-27)34(4)40(5,37)38/h7,10-11,14,16-18,21,25,28,31H,6,8-9,12-13,15,19-20H2,1-5H3,(H,32,36)(H,33,35)/t25-,28+/m1/s1. The lowest BCUT2D eigenvalue weighted by molar-refractivity contribution is -0.123. The van der Waals surface area contributed by atoms with Crippen molar-refractivity contribution in [3.8, 4) is 5.75 Å². The summed E-state index contributed by atoms with van der Waals surface area (Å²) in [7, 11) is -2.09. The molecule has 0 aliphatic carbocycles. The van der Waals surface area contributed by atoms with E-state index in [1.165, 1.54) is 12.6 Å². The van der Waals surface area contributed by atoms with Gasteiger partial charge in [-0.3, -0.25) is 13.9 Å². The maximum Gasteiger partial charge on any atom is 0.251 e. The lowest BCUT2D eigenvalue weighted by Gasteiger charge is -2.25. The predicted molar refractivity (Wildman–Crippen MR) is 159 cm³/mol. The van der Waals surface area contributed by atoms with Crippen molar-refractivity contribution >= 4 is 27.5 Å². The second kappa shape index (κ2) is 14.5. The largest absolute Gasteiger partial charge is 0.493 e. The molecule has 0 radical (unpaired) electrons. The molecule has 1 heterocycles. The number of rotatable bonds is 10. The zero-order chi connectivity index (χ0) is 29.3. The van der Waals surface area contributed by atoms with Gasteiger partial charge >= 0.3 is 0 Å². The highest BCUT2D eigenvalue weighted by atomic mass is 32.2. The number of amides is 2. The van der Waals surface area contributed by atoms with E-state index in [-0.39, 0.29) is 23.9 Å². The molecule has 4 bridgehead atoms. The fraction of sp³-hybridized carbons (Fsp3) is 0.533. The highest BCUT2D eigenvalue weighted by Gasteiger charge is 2.23. The molecule has 1 aliphatic rings. The molecule has 2 aromatic rings. The summed E-state index contributed by atoms with van der Waals surface area (Å²) in [6.45, 7) is 7.58. The number of sulfonamides is 1. The van der Waals surface area contributed by atoms with Crippen LogP contribution in [0.3, 0.4) is 0 Å². The Morgan fingerprint density at radius 3 is 2.62 bits per heavy atom. The van der Waals surface area contributed by atoms with Gasteiger partial charge in [-0.1, -0.05) is 51.5 Å². The molecule has 0 fully saturated rings. The minimum absolute atomic E-state index is 0.0388. The first kappa shape index (κ1) is 31.4. The first-order valence-corrected chi connectivity index (χ1v) is 15.9. The Bertz CT molecular complexity index is 1260. The Hall–Kier alpha value is -3.11. The van der Waals surface area contributed by atoms with Crippen molar-refractivity contribution in [2.24, 2.45) is 5.92 Å². The van der Waals surface area contributed by atoms with Crippen LogP contribution in [0.1, 0.15) is 61.5 Å². The topological polar surface area (TPSA) is 117 Å². The van der Waals surface area contributed by atoms with Crippen molar-refractivity contribution in [3.63, 3.8) is 0 Å². The number of nitrogens with zero attached hydrogens (tertiary/aromatic N) is 1. The van der Waals surface area contributed by atoms with E-state index in [9.17, 15) is 18.0 Å². The molecule has 2 amide bonds. The Labute approximate surface area is 239 Å². The van der Waals surface area contributed by atoms with Gasteiger partial charge in [0.1, 0.15) is 5.75 Å². The van der Waals surface area contributed by atoms with Gasteiger partial charge in [-0.15, -0.1) is 0 Å². The average Bonchev–Trinajstić information content (AvgIpc) is 2.90. The second-order valence-electron chi connectivity index (χ2n) is 11.0. The van der Waals surface area contributed by atoms with Crippen molar-refractivity contribution in [2.75, 3.05) is 37.3 Å². The van der Waals surface area contributed by atoms with Crippen molar-refractivity contribution in [1.82, 2.24) is 16.0 Å². The minimum Gasteiger partial charge on any atom is -0.493 e. The molecule has 3 rings (SSSR count). The summed E-state index contributed by atoms with van der Waals surface area (Å²) >= 11 is 0. The number of anilines is 1. The van der Waals surface area contributed by atoms with Crippen molar-refractivity contribution in [1.29, 1.82) is 0 Å². The van der Waals surface area contributed by atoms with Gasteiger partial charge < -0.3 is 20.7 Å². The maximum absolute atomic E-state index is 13.5. The van der Waals surface area contributed by atoms with Crippen LogP contribution in [0, 0.1) is 5.92 Å². The van der Waals surface area contributed by atoms with Crippen LogP contribution in [0.2, 0.25) is 0 Å². The van der Waals surface area contributed by atoms with E-state index in [2.05, 4.69) is 41.9 Å². The van der Waals surface area contributed by atoms with Crippen LogP contribution in [0.25, 0.3) is 0 Å². The monoisotopic (exact) mass is 572 g/mol. The van der Waals surface area contributed by atoms with Gasteiger partial charge in [-0.05, 0) is 54.9 Å². The SMILES string of the molecule is CCC[C@H](NC[C@H]1Cc2cccc(c2)CCCOc2cc(cc(N(C)S(C)(=O)=O)c2)C(=O)N1)C(=O)NCC(C)C. The Balaban J connectivity index is 1.90. The van der Waals surface area contributed by atoms with Crippen molar-refractivity contribution in [2.45, 2.75) is 65.0 Å². The molecular formula is C30H44N4O5S. The first-order valence-electron chi connectivity index (χ1n) is 14.1. The van der Waals surface area contributed by atoms with Crippen LogP contribution >= 0.6 is 0 Å². The Kier molecular flexibility index (Phi) is 11.4. The average molecular weight is 573 g/mol. The molecule has 0 saturated carbocycles. The van der Waals surface area contributed by atoms with E-state index in [1.807, 2.05) is 19.1 Å². The number of carbonyl (C=O) groups is 2. The molecule has 9 nitrogen and oxygen atoms in total. The zero-order valence-electron chi connectivity index (χ0n) is 24.3. The molecule has 0 aromatic heterocycles. The predicted octanol–water partition coefficient (Wildman–Crippen LogP) is 3.28. The fourth-order valence-electron chi connectivity index (χ4n) is 4.60. The van der Waals surface area contributed by atoms with Gasteiger partial charge in [-0.25, -0.2) is 8.42 Å². The lowest BCUT2D eigenvalue weighted by Crippen LogP contribution is -2.51. The van der Waals surface area contributed by atoms with Crippen LogP contribution in [0.4, 0.5) is 5.69 Å². The summed E-state index contributed by atoms with van der Waals surface area (Å²) < 4.78 is 31.6. The van der Waals surface area contributed by atoms with Crippen LogP contribution < -0.4 is 25.0 Å². The summed E-state index contributed by atoms with van der Waals surface area (Å²) in [5, 5.41) is 9.53. The number of nitrogens with one attached hydrogen (secondary N) is 3. The summed E-state index contributed by atoms with van der Waals surface area (Å²) in [6.07, 6.45) is 4.81. The Morgan fingerprint density at radius 2 is 1.93 bits per heavy atom. The molecular weight excluding hydrogens is 528 g/mol. The van der Waals surface area contributed by atoms with Crippen LogP contribution in [0.15, 0.2) is 42.5 Å². The highest BCUT2D eigenvalue weighted by molar-refractivity contribution is 7.92. The minimum atomic E-state index is -3.54. The number of hydrogen-bond donors (Lipinski definition) is 3. The van der Waals surface area contributed by atoms with Crippen molar-refractivity contribution in [3.05, 3.63) is 59.2 Å². The molecule has 3 N–H and O–H groups in total. The lowest BCUT2D eigenvalue weighted by atomic mass is 10.00. The third-order valence-electron chi connectivity index (χ3n) is 6.89. The fourth-order valence-corrected chi connectivity index (χ4v) is 5.09. The maximum atomic E-state index is 13.5. The summed E-state index contributed by atoms with van der Waals surface area (Å²) in [5.41, 5.74) is 2.92. The smallest absolute Gasteiger partial charge is 0.251 e. The van der Waals surface area contributed by atoms with Crippen LogP contribution in [-0.2, 0) is 27.7 Å². The summed E-state index contributed by atoms with van der Waals surface area (Å²) in [4.78, 5) is 26.4. The van der Waals surface area contributed by atoms with Crippen LogP contribution in [0.5, 0.6) is 5.75 Å². The van der Waals surface area contributed by atoms with Crippen LogP contribution in [-0.4, -0.2) is 65.3 Å². The summed E-state index contributed by atoms with van der Waals surface area (Å²) in [5.74, 6) is 0.403. The molecule has 40 heavy (non-hydrogen) atoms. The highest BCUT2D eigenvalue weighted by Crippen LogP contribution is 2.26. The van der Waals surface area contributed by atoms with Gasteiger partial charge in [0.05, 0.1) is 24.6 Å². The molecule has 220 valence electrons. The molecule has 1 aliphatic heterocycles. The van der Waals surface area contributed by atoms with Gasteiger partial charge in [0.2, 0.25) is 15.9 Å². The number of carbonyl (C=O) groups excluding carboxylic acids is 2. The third-order valence-corrected chi connectivity index (χ3v) is 8.10. The van der Waals surface area contributed by atoms with Gasteiger partial charge in [0, 0.05) is 37.8 Å². The molecule has 2 aromatic carbocycles. The number of benzene rings is 2. The van der Waals surface area contributed by atoms with E-state index >= 15 is 0 Å². The Morgan fingerprint density at radius 1 is 1.18 bits per heavy atom. The molecule has 2 atom stereocenters. The van der Waals surface area contributed by atoms with E-state index in [0.717, 1.165) is 35.4 Å².